The van der Waals surface area contributed by atoms with E-state index in [0.717, 1.165) is 15.7 Å². The number of hydrogen-bond acceptors (Lipinski definition) is 6. The molecule has 0 spiro atoms. The van der Waals surface area contributed by atoms with E-state index < -0.39 is 0 Å². The summed E-state index contributed by atoms with van der Waals surface area (Å²) in [5, 5.41) is 7.06. The van der Waals surface area contributed by atoms with E-state index in [4.69, 9.17) is 11.6 Å². The molecule has 1 aliphatic rings. The molecule has 1 aliphatic heterocycles. The molecule has 0 radical (unpaired) electrons. The minimum atomic E-state index is -0.353. The van der Waals surface area contributed by atoms with Crippen LogP contribution in [0.2, 0.25) is 5.02 Å². The fourth-order valence-corrected chi connectivity index (χ4v) is 3.47. The molecule has 158 valence electrons. The molecule has 30 heavy (non-hydrogen) atoms. The van der Waals surface area contributed by atoms with Crippen LogP contribution in [0.3, 0.4) is 0 Å². The summed E-state index contributed by atoms with van der Waals surface area (Å²) >= 11 is 5.97. The van der Waals surface area contributed by atoms with Crippen LogP contribution in [0, 0.1) is 0 Å². The van der Waals surface area contributed by atoms with E-state index in [1.807, 2.05) is 48.2 Å². The normalized spacial score (nSPS) is 13.8. The van der Waals surface area contributed by atoms with Crippen molar-refractivity contribution in [1.29, 1.82) is 0 Å². The average Bonchev–Trinajstić information content (AvgIpc) is 3.18. The lowest BCUT2D eigenvalue weighted by Gasteiger charge is -2.18. The molecular weight excluding hydrogens is 404 g/mol. The molecule has 0 aliphatic carbocycles. The number of hydrogen-bond donors (Lipinski definition) is 2. The molecule has 2 heterocycles. The zero-order chi connectivity index (χ0) is 21.8. The number of nitrogens with zero attached hydrogens (tertiary/aromatic N) is 4. The van der Waals surface area contributed by atoms with Gasteiger partial charge in [-0.15, -0.1) is 0 Å². The highest BCUT2D eigenvalue weighted by molar-refractivity contribution is 6.30. The van der Waals surface area contributed by atoms with E-state index in [2.05, 4.69) is 22.3 Å². The summed E-state index contributed by atoms with van der Waals surface area (Å²) in [6.07, 6.45) is 3.90. The largest absolute Gasteiger partial charge is 0.368 e. The number of rotatable bonds is 7. The predicted octanol–water partition coefficient (Wildman–Crippen LogP) is 2.16. The maximum Gasteiger partial charge on any atom is 0.332 e. The van der Waals surface area contributed by atoms with Crippen molar-refractivity contribution < 1.29 is 0 Å². The Bertz CT molecular complexity index is 1130. The summed E-state index contributed by atoms with van der Waals surface area (Å²) < 4.78 is 2.57. The van der Waals surface area contributed by atoms with Crippen molar-refractivity contribution in [1.82, 2.24) is 14.5 Å². The summed E-state index contributed by atoms with van der Waals surface area (Å²) in [7, 11) is 3.13. The molecular formula is C21H25ClN6O2. The molecule has 0 bridgehead atoms. The van der Waals surface area contributed by atoms with Gasteiger partial charge in [0.05, 0.1) is 6.67 Å². The first-order valence-electron chi connectivity index (χ1n) is 9.50. The maximum atomic E-state index is 12.6. The van der Waals surface area contributed by atoms with Gasteiger partial charge in [0, 0.05) is 32.2 Å². The van der Waals surface area contributed by atoms with Crippen LogP contribution in [0.25, 0.3) is 5.57 Å². The molecule has 1 aromatic carbocycles. The van der Waals surface area contributed by atoms with Gasteiger partial charge in [0.1, 0.15) is 17.3 Å². The minimum Gasteiger partial charge on any atom is -0.368 e. The van der Waals surface area contributed by atoms with Gasteiger partial charge in [-0.2, -0.15) is 0 Å². The van der Waals surface area contributed by atoms with Crippen LogP contribution in [-0.2, 0) is 14.1 Å². The highest BCUT2D eigenvalue weighted by atomic mass is 35.5. The lowest BCUT2D eigenvalue weighted by atomic mass is 10.1. The summed E-state index contributed by atoms with van der Waals surface area (Å²) in [5.41, 5.74) is 1.84. The summed E-state index contributed by atoms with van der Waals surface area (Å²) in [5.74, 6) is 1.17. The number of nitrogens with one attached hydrogen (secondary N) is 2. The van der Waals surface area contributed by atoms with Crippen molar-refractivity contribution >= 4 is 35.4 Å². The van der Waals surface area contributed by atoms with E-state index in [-0.39, 0.29) is 11.2 Å². The van der Waals surface area contributed by atoms with Crippen molar-refractivity contribution in [2.24, 2.45) is 19.1 Å². The van der Waals surface area contributed by atoms with E-state index in [1.165, 1.54) is 11.6 Å². The Hall–Kier alpha value is -3.26. The van der Waals surface area contributed by atoms with Gasteiger partial charge in [-0.3, -0.25) is 13.9 Å². The Labute approximate surface area is 179 Å². The second-order valence-electron chi connectivity index (χ2n) is 6.87. The first-order valence-corrected chi connectivity index (χ1v) is 9.88. The Morgan fingerprint density at radius 1 is 1.27 bits per heavy atom. The molecule has 2 N–H and O–H groups in total. The first-order chi connectivity index (χ1) is 14.4. The van der Waals surface area contributed by atoms with Crippen molar-refractivity contribution in [2.45, 2.75) is 6.92 Å². The monoisotopic (exact) mass is 428 g/mol. The van der Waals surface area contributed by atoms with Crippen molar-refractivity contribution in [2.75, 3.05) is 30.0 Å². The standard InChI is InChI=1S/C21H25ClN6O2/c1-5-14(15-6-8-16(22)9-7-15)12-17(23-2)24-10-11-28-13-25-19-18(28)20(29)27(4)21(30)26(19)3/h5-9,12,24-25H,2,10-11,13H2,1,3-4H3/b14-5+,17-12+. The van der Waals surface area contributed by atoms with E-state index >= 15 is 0 Å². The van der Waals surface area contributed by atoms with Crippen molar-refractivity contribution in [3.8, 4) is 0 Å². The molecule has 9 heteroatoms. The molecule has 2 aromatic rings. The second kappa shape index (κ2) is 9.04. The van der Waals surface area contributed by atoms with Crippen LogP contribution in [0.1, 0.15) is 12.5 Å². The molecule has 0 amide bonds. The number of benzene rings is 1. The van der Waals surface area contributed by atoms with Crippen LogP contribution in [0.5, 0.6) is 0 Å². The smallest absolute Gasteiger partial charge is 0.332 e. The SMILES string of the molecule is C=N/C(=C\C(=C/C)c1ccc(Cl)cc1)NCCN1CNc2c1c(=O)n(C)c(=O)n2C. The molecule has 0 saturated carbocycles. The van der Waals surface area contributed by atoms with Crippen LogP contribution in [0.15, 0.2) is 56.8 Å². The van der Waals surface area contributed by atoms with Crippen LogP contribution in [-0.4, -0.2) is 35.6 Å². The van der Waals surface area contributed by atoms with Crippen molar-refractivity contribution in [3.05, 3.63) is 73.7 Å². The predicted molar refractivity (Wildman–Crippen MR) is 123 cm³/mol. The Balaban J connectivity index is 1.72. The van der Waals surface area contributed by atoms with Gasteiger partial charge >= 0.3 is 5.69 Å². The first kappa shape index (κ1) is 21.4. The van der Waals surface area contributed by atoms with Gasteiger partial charge in [0.25, 0.3) is 5.56 Å². The fraction of sp³-hybridized carbons (Fsp3) is 0.286. The number of allylic oxidation sites excluding steroid dienone is 3. The minimum absolute atomic E-state index is 0.311. The number of aromatic nitrogens is 2. The molecule has 1 aromatic heterocycles. The average molecular weight is 429 g/mol. The molecule has 0 saturated heterocycles. The Kier molecular flexibility index (Phi) is 6.47. The third-order valence-electron chi connectivity index (χ3n) is 5.03. The lowest BCUT2D eigenvalue weighted by molar-refractivity contribution is 0.691. The van der Waals surface area contributed by atoms with E-state index in [0.29, 0.717) is 42.1 Å². The molecule has 0 fully saturated rings. The third-order valence-corrected chi connectivity index (χ3v) is 5.29. The number of halogens is 1. The van der Waals surface area contributed by atoms with Gasteiger partial charge in [0.15, 0.2) is 0 Å². The topological polar surface area (TPSA) is 83.7 Å². The Morgan fingerprint density at radius 3 is 2.60 bits per heavy atom. The highest BCUT2D eigenvalue weighted by Crippen LogP contribution is 2.25. The van der Waals surface area contributed by atoms with Gasteiger partial charge in [-0.1, -0.05) is 29.8 Å². The quantitative estimate of drug-likeness (QED) is 0.521. The molecule has 0 unspecified atom stereocenters. The van der Waals surface area contributed by atoms with Crippen LogP contribution < -0.4 is 26.8 Å². The number of aliphatic imine (C=N–C) groups is 1. The number of anilines is 2. The van der Waals surface area contributed by atoms with E-state index in [9.17, 15) is 9.59 Å². The van der Waals surface area contributed by atoms with Crippen LogP contribution in [0.4, 0.5) is 11.5 Å². The summed E-state index contributed by atoms with van der Waals surface area (Å²) in [6.45, 7) is 7.13. The maximum absolute atomic E-state index is 12.6. The molecule has 0 atom stereocenters. The van der Waals surface area contributed by atoms with Gasteiger partial charge < -0.3 is 15.5 Å². The van der Waals surface area contributed by atoms with Gasteiger partial charge in [-0.05, 0) is 43.0 Å². The molecule has 3 rings (SSSR count). The van der Waals surface area contributed by atoms with Gasteiger partial charge in [-0.25, -0.2) is 9.79 Å². The highest BCUT2D eigenvalue weighted by Gasteiger charge is 2.26. The van der Waals surface area contributed by atoms with Crippen molar-refractivity contribution in [3.63, 3.8) is 0 Å². The second-order valence-corrected chi connectivity index (χ2v) is 7.30. The third kappa shape index (κ3) is 4.18. The fourth-order valence-electron chi connectivity index (χ4n) is 3.35. The summed E-state index contributed by atoms with van der Waals surface area (Å²) in [4.78, 5) is 30.6. The zero-order valence-electron chi connectivity index (χ0n) is 17.3. The Morgan fingerprint density at radius 2 is 1.97 bits per heavy atom. The van der Waals surface area contributed by atoms with E-state index in [1.54, 1.807) is 7.05 Å². The summed E-state index contributed by atoms with van der Waals surface area (Å²) in [6, 6.07) is 7.58. The zero-order valence-corrected chi connectivity index (χ0v) is 18.0. The van der Waals surface area contributed by atoms with Gasteiger partial charge in [0.2, 0.25) is 0 Å². The van der Waals surface area contributed by atoms with Crippen LogP contribution >= 0.6 is 11.6 Å². The lowest BCUT2D eigenvalue weighted by Crippen LogP contribution is -2.40. The molecule has 8 nitrogen and oxygen atoms in total. The number of fused-ring (bicyclic) bond motifs is 1.